The molecule has 170 valence electrons. The number of anilines is 1. The number of carbonyl (C=O) groups is 1. The first kappa shape index (κ1) is 23.2. The Kier molecular flexibility index (Phi) is 6.79. The van der Waals surface area contributed by atoms with Crippen molar-refractivity contribution in [2.45, 2.75) is 17.6 Å². The van der Waals surface area contributed by atoms with Crippen LogP contribution in [-0.2, 0) is 22.7 Å². The second kappa shape index (κ2) is 9.36. The van der Waals surface area contributed by atoms with Crippen molar-refractivity contribution >= 4 is 21.6 Å². The van der Waals surface area contributed by atoms with Crippen molar-refractivity contribution in [2.24, 2.45) is 0 Å². The number of hydrogen-bond acceptors (Lipinski definition) is 6. The topological polar surface area (TPSA) is 115 Å². The van der Waals surface area contributed by atoms with Crippen LogP contribution in [0.4, 0.5) is 18.9 Å². The maximum absolute atomic E-state index is 13.1. The highest BCUT2D eigenvalue weighted by Gasteiger charge is 2.36. The summed E-state index contributed by atoms with van der Waals surface area (Å²) in [5.74, 6) is -0.123. The Morgan fingerprint density at radius 2 is 1.81 bits per heavy atom. The van der Waals surface area contributed by atoms with Crippen LogP contribution in [0.25, 0.3) is 0 Å². The smallest absolute Gasteiger partial charge is 0.417 e. The van der Waals surface area contributed by atoms with E-state index in [0.717, 1.165) is 12.1 Å². The summed E-state index contributed by atoms with van der Waals surface area (Å²) < 4.78 is 72.4. The highest BCUT2D eigenvalue weighted by Crippen LogP contribution is 2.33. The first-order valence-electron chi connectivity index (χ1n) is 9.12. The Hall–Kier alpha value is -3.45. The minimum absolute atomic E-state index is 0.0406. The van der Waals surface area contributed by atoms with Crippen LogP contribution in [0.1, 0.15) is 16.1 Å². The molecule has 0 aliphatic rings. The second-order valence-corrected chi connectivity index (χ2v) is 8.15. The molecular weight excluding hydrogens is 451 g/mol. The number of alkyl halides is 3. The number of nitrogens with zero attached hydrogens (tertiary/aromatic N) is 3. The third-order valence-electron chi connectivity index (χ3n) is 4.24. The number of rotatable bonds is 8. The summed E-state index contributed by atoms with van der Waals surface area (Å²) in [6.45, 7) is -0.339. The van der Waals surface area contributed by atoms with E-state index in [4.69, 9.17) is 4.74 Å². The van der Waals surface area contributed by atoms with E-state index in [1.165, 1.54) is 24.1 Å². The van der Waals surface area contributed by atoms with Gasteiger partial charge in [0, 0.05) is 6.54 Å². The SMILES string of the molecule is COc1ccccc1NC(=O)c1cn(CCNS(=O)(=O)c2ccccc2C(F)(F)F)nn1. The van der Waals surface area contributed by atoms with Gasteiger partial charge in [-0.15, -0.1) is 5.10 Å². The van der Waals surface area contributed by atoms with Gasteiger partial charge in [-0.05, 0) is 24.3 Å². The fraction of sp³-hybridized carbons (Fsp3) is 0.211. The molecule has 2 N–H and O–H groups in total. The number of amides is 1. The molecule has 0 atom stereocenters. The summed E-state index contributed by atoms with van der Waals surface area (Å²) in [5.41, 5.74) is -0.879. The molecule has 3 aromatic rings. The van der Waals surface area contributed by atoms with Crippen LogP contribution in [0.2, 0.25) is 0 Å². The van der Waals surface area contributed by atoms with Gasteiger partial charge in [-0.1, -0.05) is 29.5 Å². The van der Waals surface area contributed by atoms with E-state index in [2.05, 4.69) is 20.4 Å². The van der Waals surface area contributed by atoms with E-state index in [1.807, 2.05) is 0 Å². The lowest BCUT2D eigenvalue weighted by Crippen LogP contribution is -2.29. The molecule has 0 radical (unpaired) electrons. The highest BCUT2D eigenvalue weighted by molar-refractivity contribution is 7.89. The fourth-order valence-electron chi connectivity index (χ4n) is 2.75. The Labute approximate surface area is 181 Å². The van der Waals surface area contributed by atoms with Crippen molar-refractivity contribution in [1.29, 1.82) is 0 Å². The summed E-state index contributed by atoms with van der Waals surface area (Å²) in [5, 5.41) is 10.1. The molecule has 32 heavy (non-hydrogen) atoms. The predicted molar refractivity (Wildman–Crippen MR) is 108 cm³/mol. The first-order valence-corrected chi connectivity index (χ1v) is 10.6. The number of carbonyl (C=O) groups excluding carboxylic acids is 1. The molecule has 0 unspecified atom stereocenters. The first-order chi connectivity index (χ1) is 15.1. The van der Waals surface area contributed by atoms with Crippen molar-refractivity contribution in [2.75, 3.05) is 19.0 Å². The molecule has 13 heteroatoms. The molecule has 3 rings (SSSR count). The second-order valence-electron chi connectivity index (χ2n) is 6.41. The summed E-state index contributed by atoms with van der Waals surface area (Å²) in [4.78, 5) is 11.5. The molecule has 0 bridgehead atoms. The van der Waals surface area contributed by atoms with Gasteiger partial charge < -0.3 is 10.1 Å². The number of hydrogen-bond donors (Lipinski definition) is 2. The third-order valence-corrected chi connectivity index (χ3v) is 5.76. The lowest BCUT2D eigenvalue weighted by molar-refractivity contribution is -0.139. The van der Waals surface area contributed by atoms with Gasteiger partial charge in [0.1, 0.15) is 5.75 Å². The van der Waals surface area contributed by atoms with Crippen LogP contribution in [0.15, 0.2) is 59.6 Å². The van der Waals surface area contributed by atoms with Gasteiger partial charge >= 0.3 is 6.18 Å². The minimum atomic E-state index is -4.82. The number of para-hydroxylation sites is 2. The lowest BCUT2D eigenvalue weighted by atomic mass is 10.2. The molecule has 9 nitrogen and oxygen atoms in total. The molecule has 1 amide bonds. The van der Waals surface area contributed by atoms with Crippen LogP contribution in [0, 0.1) is 0 Å². The quantitative estimate of drug-likeness (QED) is 0.524. The van der Waals surface area contributed by atoms with Crippen LogP contribution >= 0.6 is 0 Å². The number of sulfonamides is 1. The zero-order valence-corrected chi connectivity index (χ0v) is 17.4. The summed E-state index contributed by atoms with van der Waals surface area (Å²) in [6, 6.07) is 10.6. The number of halogens is 3. The predicted octanol–water partition coefficient (Wildman–Crippen LogP) is 2.54. The van der Waals surface area contributed by atoms with Crippen molar-refractivity contribution in [3.05, 3.63) is 66.0 Å². The molecule has 0 fully saturated rings. The van der Waals surface area contributed by atoms with E-state index >= 15 is 0 Å². The van der Waals surface area contributed by atoms with E-state index in [-0.39, 0.29) is 18.8 Å². The molecule has 0 spiro atoms. The van der Waals surface area contributed by atoms with Gasteiger partial charge in [-0.2, -0.15) is 13.2 Å². The Morgan fingerprint density at radius 3 is 2.53 bits per heavy atom. The largest absolute Gasteiger partial charge is 0.495 e. The monoisotopic (exact) mass is 469 g/mol. The Bertz CT molecular complexity index is 1210. The van der Waals surface area contributed by atoms with Gasteiger partial charge in [-0.25, -0.2) is 13.1 Å². The average molecular weight is 469 g/mol. The van der Waals surface area contributed by atoms with E-state index in [0.29, 0.717) is 17.5 Å². The van der Waals surface area contributed by atoms with Crippen LogP contribution in [-0.4, -0.2) is 43.0 Å². The van der Waals surface area contributed by atoms with Crippen LogP contribution < -0.4 is 14.8 Å². The zero-order chi connectivity index (χ0) is 23.4. The van der Waals surface area contributed by atoms with Gasteiger partial charge in [0.25, 0.3) is 5.91 Å². The summed E-state index contributed by atoms with van der Waals surface area (Å²) in [6.07, 6.45) is -3.54. The molecular formula is C19H18F3N5O4S. The molecule has 0 aliphatic carbocycles. The summed E-state index contributed by atoms with van der Waals surface area (Å²) >= 11 is 0. The summed E-state index contributed by atoms with van der Waals surface area (Å²) in [7, 11) is -2.97. The van der Waals surface area contributed by atoms with Crippen molar-refractivity contribution in [3.8, 4) is 5.75 Å². The van der Waals surface area contributed by atoms with Crippen molar-refractivity contribution in [3.63, 3.8) is 0 Å². The average Bonchev–Trinajstić information content (AvgIpc) is 3.22. The van der Waals surface area contributed by atoms with Gasteiger partial charge in [0.05, 0.1) is 36.0 Å². The van der Waals surface area contributed by atoms with Gasteiger partial charge in [0.15, 0.2) is 5.69 Å². The van der Waals surface area contributed by atoms with E-state index in [9.17, 15) is 26.4 Å². The maximum atomic E-state index is 13.1. The van der Waals surface area contributed by atoms with Crippen LogP contribution in [0.3, 0.4) is 0 Å². The van der Waals surface area contributed by atoms with Crippen molar-refractivity contribution in [1.82, 2.24) is 19.7 Å². The van der Waals surface area contributed by atoms with E-state index in [1.54, 1.807) is 24.3 Å². The Morgan fingerprint density at radius 1 is 1.12 bits per heavy atom. The fourth-order valence-corrected chi connectivity index (χ4v) is 4.00. The maximum Gasteiger partial charge on any atom is 0.417 e. The molecule has 0 aliphatic heterocycles. The number of aromatic nitrogens is 3. The minimum Gasteiger partial charge on any atom is -0.495 e. The molecule has 1 heterocycles. The Balaban J connectivity index is 1.63. The standard InChI is InChI=1S/C19H18F3N5O4S/c1-31-16-8-4-3-7-14(16)24-18(28)15-12-27(26-25-15)11-10-23-32(29,30)17-9-5-2-6-13(17)19(20,21)22/h2-9,12,23H,10-11H2,1H3,(H,24,28). The normalized spacial score (nSPS) is 11.9. The molecule has 0 saturated carbocycles. The molecule has 1 aromatic heterocycles. The molecule has 2 aromatic carbocycles. The van der Waals surface area contributed by atoms with Gasteiger partial charge in [0.2, 0.25) is 10.0 Å². The lowest BCUT2D eigenvalue weighted by Gasteiger charge is -2.13. The van der Waals surface area contributed by atoms with Gasteiger partial charge in [-0.3, -0.25) is 9.48 Å². The molecule has 0 saturated heterocycles. The van der Waals surface area contributed by atoms with E-state index < -0.39 is 32.6 Å². The third kappa shape index (κ3) is 5.42. The zero-order valence-electron chi connectivity index (χ0n) is 16.6. The number of ether oxygens (including phenoxy) is 1. The number of methoxy groups -OCH3 is 1. The highest BCUT2D eigenvalue weighted by atomic mass is 32.2. The number of benzene rings is 2. The van der Waals surface area contributed by atoms with Crippen molar-refractivity contribution < 1.29 is 31.1 Å². The number of nitrogens with one attached hydrogen (secondary N) is 2. The van der Waals surface area contributed by atoms with Crippen LogP contribution in [0.5, 0.6) is 5.75 Å².